The number of aryl methyl sites for hydroxylation is 1. The van der Waals surface area contributed by atoms with Gasteiger partial charge in [-0.3, -0.25) is 4.79 Å². The van der Waals surface area contributed by atoms with Gasteiger partial charge >= 0.3 is 0 Å². The van der Waals surface area contributed by atoms with Crippen LogP contribution in [0.25, 0.3) is 0 Å². The molecule has 0 spiro atoms. The van der Waals surface area contributed by atoms with Gasteiger partial charge in [0.25, 0.3) is 10.0 Å². The Morgan fingerprint density at radius 1 is 0.903 bits per heavy atom. The summed E-state index contributed by atoms with van der Waals surface area (Å²) < 4.78 is 29.0. The number of carbonyl (C=O) groups excluding carboxylic acids is 1. The van der Waals surface area contributed by atoms with E-state index < -0.39 is 15.9 Å². The molecular formula is C23H26N4O3S. The van der Waals surface area contributed by atoms with E-state index >= 15 is 0 Å². The van der Waals surface area contributed by atoms with E-state index in [0.717, 1.165) is 11.1 Å². The topological polar surface area (TPSA) is 75.5 Å². The summed E-state index contributed by atoms with van der Waals surface area (Å²) in [6.07, 6.45) is 3.56. The quantitative estimate of drug-likeness (QED) is 0.613. The van der Waals surface area contributed by atoms with E-state index in [9.17, 15) is 13.2 Å². The Bertz CT molecular complexity index is 1090. The second-order valence-electron chi connectivity index (χ2n) is 7.71. The van der Waals surface area contributed by atoms with Crippen molar-refractivity contribution in [3.8, 4) is 0 Å². The van der Waals surface area contributed by atoms with E-state index in [1.54, 1.807) is 16.5 Å². The van der Waals surface area contributed by atoms with Crippen LogP contribution in [0.3, 0.4) is 0 Å². The molecule has 1 aliphatic heterocycles. The molecule has 7 nitrogen and oxygen atoms in total. The number of carbonyl (C=O) groups is 1. The fraction of sp³-hybridized carbons (Fsp3) is 0.304. The zero-order valence-electron chi connectivity index (χ0n) is 17.5. The van der Waals surface area contributed by atoms with Gasteiger partial charge in [-0.15, -0.1) is 0 Å². The van der Waals surface area contributed by atoms with Gasteiger partial charge in [0.2, 0.25) is 5.91 Å². The average Bonchev–Trinajstić information content (AvgIpc) is 3.07. The van der Waals surface area contributed by atoms with E-state index in [1.165, 1.54) is 16.8 Å². The van der Waals surface area contributed by atoms with Crippen molar-refractivity contribution < 1.29 is 13.2 Å². The lowest BCUT2D eigenvalue weighted by Crippen LogP contribution is -2.39. The van der Waals surface area contributed by atoms with Gasteiger partial charge < -0.3 is 9.47 Å². The highest BCUT2D eigenvalue weighted by Gasteiger charge is 2.32. The third kappa shape index (κ3) is 4.55. The largest absolute Gasteiger partial charge is 0.341 e. The van der Waals surface area contributed by atoms with Gasteiger partial charge in [0, 0.05) is 39.4 Å². The second kappa shape index (κ2) is 9.03. The molecule has 2 heterocycles. The summed E-state index contributed by atoms with van der Waals surface area (Å²) in [5.74, 6) is -0.421. The minimum absolute atomic E-state index is 0.00511. The lowest BCUT2D eigenvalue weighted by molar-refractivity contribution is -0.131. The van der Waals surface area contributed by atoms with Crippen molar-refractivity contribution in [1.29, 1.82) is 0 Å². The van der Waals surface area contributed by atoms with Gasteiger partial charge in [0.15, 0.2) is 5.03 Å². The van der Waals surface area contributed by atoms with Crippen molar-refractivity contribution in [3.05, 3.63) is 84.3 Å². The number of nitrogens with zero attached hydrogens (tertiary/aromatic N) is 4. The van der Waals surface area contributed by atoms with Crippen LogP contribution in [0, 0.1) is 0 Å². The molecule has 31 heavy (non-hydrogen) atoms. The molecule has 162 valence electrons. The third-order valence-corrected chi connectivity index (χ3v) is 7.35. The molecule has 1 amide bonds. The number of sulfonamides is 1. The summed E-state index contributed by atoms with van der Waals surface area (Å²) in [5.41, 5.74) is 1.86. The van der Waals surface area contributed by atoms with Crippen LogP contribution in [0.5, 0.6) is 0 Å². The molecule has 1 aliphatic rings. The summed E-state index contributed by atoms with van der Waals surface area (Å²) in [6, 6.07) is 19.5. The third-order valence-electron chi connectivity index (χ3n) is 5.56. The lowest BCUT2D eigenvalue weighted by Gasteiger charge is -2.27. The molecule has 0 aliphatic carbocycles. The number of hydrogen-bond donors (Lipinski definition) is 0. The molecule has 1 aromatic heterocycles. The molecular weight excluding hydrogens is 412 g/mol. The van der Waals surface area contributed by atoms with Gasteiger partial charge in [-0.2, -0.15) is 4.31 Å². The van der Waals surface area contributed by atoms with E-state index in [-0.39, 0.29) is 17.5 Å². The fourth-order valence-electron chi connectivity index (χ4n) is 3.96. The Morgan fingerprint density at radius 2 is 1.52 bits per heavy atom. The summed E-state index contributed by atoms with van der Waals surface area (Å²) in [6.45, 7) is 1.48. The summed E-state index contributed by atoms with van der Waals surface area (Å²) in [4.78, 5) is 19.4. The second-order valence-corrected chi connectivity index (χ2v) is 9.60. The van der Waals surface area contributed by atoms with Crippen LogP contribution in [0.15, 0.2) is 78.2 Å². The standard InChI is InChI=1S/C23H26N4O3S/c1-25-17-21(24-18-25)31(29,30)27-14-8-13-26(15-16-27)23(28)22(19-9-4-2-5-10-19)20-11-6-3-7-12-20/h2-7,9-12,17-18,22H,8,13-16H2,1H3. The van der Waals surface area contributed by atoms with Crippen LogP contribution in [-0.4, -0.2) is 59.3 Å². The highest BCUT2D eigenvalue weighted by Crippen LogP contribution is 2.27. The van der Waals surface area contributed by atoms with Crippen LogP contribution in [0.4, 0.5) is 0 Å². The molecule has 0 saturated carbocycles. The predicted octanol–water partition coefficient (Wildman–Crippen LogP) is 2.48. The Kier molecular flexibility index (Phi) is 6.20. The predicted molar refractivity (Wildman–Crippen MR) is 118 cm³/mol. The molecule has 4 rings (SSSR count). The van der Waals surface area contributed by atoms with E-state index in [2.05, 4.69) is 4.98 Å². The van der Waals surface area contributed by atoms with Crippen LogP contribution < -0.4 is 0 Å². The fourth-order valence-corrected chi connectivity index (χ4v) is 5.40. The minimum Gasteiger partial charge on any atom is -0.341 e. The van der Waals surface area contributed by atoms with Crippen LogP contribution in [0.1, 0.15) is 23.5 Å². The number of aromatic nitrogens is 2. The van der Waals surface area contributed by atoms with Crippen LogP contribution >= 0.6 is 0 Å². The number of benzene rings is 2. The smallest absolute Gasteiger partial charge is 0.262 e. The molecule has 0 N–H and O–H groups in total. The van der Waals surface area contributed by atoms with Crippen LogP contribution in [0.2, 0.25) is 0 Å². The summed E-state index contributed by atoms with van der Waals surface area (Å²) >= 11 is 0. The molecule has 8 heteroatoms. The van der Waals surface area contributed by atoms with Gasteiger partial charge in [-0.05, 0) is 17.5 Å². The molecule has 0 bridgehead atoms. The maximum absolute atomic E-state index is 13.6. The average molecular weight is 439 g/mol. The molecule has 0 unspecified atom stereocenters. The highest BCUT2D eigenvalue weighted by atomic mass is 32.2. The first-order valence-corrected chi connectivity index (χ1v) is 11.8. The van der Waals surface area contributed by atoms with Crippen LogP contribution in [-0.2, 0) is 21.9 Å². The highest BCUT2D eigenvalue weighted by molar-refractivity contribution is 7.89. The van der Waals surface area contributed by atoms with E-state index in [4.69, 9.17) is 0 Å². The molecule has 0 atom stereocenters. The monoisotopic (exact) mass is 438 g/mol. The zero-order chi connectivity index (χ0) is 21.8. The SMILES string of the molecule is Cn1cnc(S(=O)(=O)N2CCCN(C(=O)C(c3ccccc3)c3ccccc3)CC2)c1. The van der Waals surface area contributed by atoms with Crippen molar-refractivity contribution in [2.45, 2.75) is 17.4 Å². The molecule has 2 aromatic carbocycles. The maximum atomic E-state index is 13.6. The first-order chi connectivity index (χ1) is 15.0. The first kappa shape index (κ1) is 21.3. The van der Waals surface area contributed by atoms with Gasteiger partial charge in [0.05, 0.1) is 12.2 Å². The Hall–Kier alpha value is -2.97. The molecule has 3 aromatic rings. The van der Waals surface area contributed by atoms with Gasteiger partial charge in [-0.25, -0.2) is 13.4 Å². The molecule has 1 saturated heterocycles. The number of rotatable bonds is 5. The lowest BCUT2D eigenvalue weighted by atomic mass is 9.90. The van der Waals surface area contributed by atoms with Crippen molar-refractivity contribution in [1.82, 2.24) is 18.8 Å². The normalized spacial score (nSPS) is 15.7. The Morgan fingerprint density at radius 3 is 2.06 bits per heavy atom. The Labute approximate surface area is 183 Å². The van der Waals surface area contributed by atoms with Crippen molar-refractivity contribution in [3.63, 3.8) is 0 Å². The first-order valence-electron chi connectivity index (χ1n) is 10.3. The van der Waals surface area contributed by atoms with Crippen molar-refractivity contribution >= 4 is 15.9 Å². The van der Waals surface area contributed by atoms with E-state index in [1.807, 2.05) is 60.7 Å². The minimum atomic E-state index is -3.67. The van der Waals surface area contributed by atoms with Gasteiger partial charge in [-0.1, -0.05) is 60.7 Å². The number of imidazole rings is 1. The summed E-state index contributed by atoms with van der Waals surface area (Å²) in [7, 11) is -1.94. The van der Waals surface area contributed by atoms with Crippen molar-refractivity contribution in [2.75, 3.05) is 26.2 Å². The van der Waals surface area contributed by atoms with Crippen molar-refractivity contribution in [2.24, 2.45) is 7.05 Å². The molecule has 1 fully saturated rings. The Balaban J connectivity index is 1.56. The number of amides is 1. The van der Waals surface area contributed by atoms with Gasteiger partial charge in [0.1, 0.15) is 0 Å². The number of hydrogen-bond acceptors (Lipinski definition) is 4. The molecule has 0 radical (unpaired) electrons. The zero-order valence-corrected chi connectivity index (χ0v) is 18.3. The summed E-state index contributed by atoms with van der Waals surface area (Å²) in [5, 5.41) is 0.0428. The maximum Gasteiger partial charge on any atom is 0.262 e. The van der Waals surface area contributed by atoms with E-state index in [0.29, 0.717) is 26.1 Å².